The zero-order valence-corrected chi connectivity index (χ0v) is 22.0. The molecule has 0 radical (unpaired) electrons. The number of aryl methyl sites for hydroxylation is 1. The predicted octanol–water partition coefficient (Wildman–Crippen LogP) is 8.58. The normalized spacial score (nSPS) is 11.7. The largest absolute Gasteiger partial charge is 0.457 e. The maximum absolute atomic E-state index is 14.2. The minimum absolute atomic E-state index is 0.310. The van der Waals surface area contributed by atoms with Crippen LogP contribution in [-0.4, -0.2) is 19.3 Å². The first kappa shape index (κ1) is 22.7. The molecule has 0 atom stereocenters. The summed E-state index contributed by atoms with van der Waals surface area (Å²) in [6.07, 6.45) is 1.60. The fourth-order valence-corrected chi connectivity index (χ4v) is 5.45. The fourth-order valence-electron chi connectivity index (χ4n) is 5.45. The Hall–Kier alpha value is -5.23. The Morgan fingerprint density at radius 1 is 0.775 bits per heavy atom. The van der Waals surface area contributed by atoms with E-state index in [4.69, 9.17) is 11.2 Å². The third kappa shape index (κ3) is 4.01. The molecule has 0 aliphatic rings. The Morgan fingerprint density at radius 3 is 2.48 bits per heavy atom. The number of benzene rings is 4. The van der Waals surface area contributed by atoms with Gasteiger partial charge in [0, 0.05) is 40.4 Å². The van der Waals surface area contributed by atoms with Crippen LogP contribution in [0.25, 0.3) is 44.4 Å². The zero-order valence-electron chi connectivity index (χ0n) is 23.0. The first-order chi connectivity index (χ1) is 20.0. The summed E-state index contributed by atoms with van der Waals surface area (Å²) in [7, 11) is 0. The van der Waals surface area contributed by atoms with Gasteiger partial charge in [-0.05, 0) is 74.0 Å². The average molecular weight is 526 g/mol. The van der Waals surface area contributed by atoms with Gasteiger partial charge in [0.2, 0.25) is 0 Å². The van der Waals surface area contributed by atoms with Gasteiger partial charge in [-0.25, -0.2) is 14.1 Å². The van der Waals surface area contributed by atoms with Crippen molar-refractivity contribution >= 4 is 21.8 Å². The number of halogens is 1. The number of ether oxygens (including phenoxy) is 1. The highest BCUT2D eigenvalue weighted by molar-refractivity contribution is 6.09. The molecule has 6 heteroatoms. The highest BCUT2D eigenvalue weighted by atomic mass is 19.1. The number of nitrogens with zero attached hydrogens (tertiary/aromatic N) is 4. The van der Waals surface area contributed by atoms with E-state index < -0.39 is 0 Å². The van der Waals surface area contributed by atoms with E-state index in [1.165, 1.54) is 12.1 Å². The predicted molar refractivity (Wildman–Crippen MR) is 157 cm³/mol. The lowest BCUT2D eigenvalue weighted by Gasteiger charge is -2.11. The molecule has 5 nitrogen and oxygen atoms in total. The minimum Gasteiger partial charge on any atom is -0.457 e. The van der Waals surface area contributed by atoms with Crippen LogP contribution in [0.15, 0.2) is 115 Å². The fraction of sp³-hybridized carbons (Fsp3) is 0.0588. The molecule has 3 heterocycles. The quantitative estimate of drug-likeness (QED) is 0.226. The van der Waals surface area contributed by atoms with Crippen molar-refractivity contribution in [2.75, 3.05) is 0 Å². The van der Waals surface area contributed by atoms with Gasteiger partial charge in [-0.2, -0.15) is 5.10 Å². The van der Waals surface area contributed by atoms with Gasteiger partial charge in [0.15, 0.2) is 0 Å². The Kier molecular flexibility index (Phi) is 5.40. The average Bonchev–Trinajstić information content (AvgIpc) is 3.46. The van der Waals surface area contributed by atoms with Crippen molar-refractivity contribution < 1.29 is 10.5 Å². The smallest absolute Gasteiger partial charge is 0.137 e. The number of fused-ring (bicyclic) bond motifs is 3. The number of rotatable bonds is 5. The van der Waals surface area contributed by atoms with E-state index in [1.54, 1.807) is 24.4 Å². The highest BCUT2D eigenvalue weighted by Gasteiger charge is 2.17. The van der Waals surface area contributed by atoms with Crippen molar-refractivity contribution in [3.8, 4) is 34.1 Å². The van der Waals surface area contributed by atoms with Gasteiger partial charge in [-0.1, -0.05) is 42.4 Å². The molecular formula is C34H25FN4O. The van der Waals surface area contributed by atoms with E-state index in [1.807, 2.05) is 76.8 Å². The van der Waals surface area contributed by atoms with Crippen molar-refractivity contribution in [2.24, 2.45) is 0 Å². The van der Waals surface area contributed by atoms with Crippen molar-refractivity contribution in [1.29, 1.82) is 0 Å². The van der Waals surface area contributed by atoms with Gasteiger partial charge >= 0.3 is 0 Å². The first-order valence-corrected chi connectivity index (χ1v) is 13.0. The van der Waals surface area contributed by atoms with Crippen LogP contribution in [0.1, 0.15) is 12.8 Å². The van der Waals surface area contributed by atoms with Gasteiger partial charge in [0.1, 0.15) is 23.1 Å². The van der Waals surface area contributed by atoms with E-state index in [9.17, 15) is 4.39 Å². The van der Waals surface area contributed by atoms with E-state index >= 15 is 0 Å². The molecule has 0 aliphatic carbocycles. The lowest BCUT2D eigenvalue weighted by atomic mass is 10.0. The molecule has 0 spiro atoms. The monoisotopic (exact) mass is 525 g/mol. The Balaban J connectivity index is 1.30. The molecule has 0 N–H and O–H groups in total. The minimum atomic E-state index is -0.310. The third-order valence-electron chi connectivity index (χ3n) is 7.17. The van der Waals surface area contributed by atoms with Crippen molar-refractivity contribution in [2.45, 2.75) is 13.8 Å². The molecular weight excluding hydrogens is 499 g/mol. The van der Waals surface area contributed by atoms with Gasteiger partial charge in [0.25, 0.3) is 0 Å². The molecule has 0 fully saturated rings. The van der Waals surface area contributed by atoms with E-state index in [2.05, 4.69) is 24.0 Å². The summed E-state index contributed by atoms with van der Waals surface area (Å²) in [5.41, 5.74) is 6.77. The van der Waals surface area contributed by atoms with Crippen LogP contribution in [0.4, 0.5) is 4.39 Å². The first-order valence-electron chi connectivity index (χ1n) is 13.5. The summed E-state index contributed by atoms with van der Waals surface area (Å²) < 4.78 is 32.6. The maximum Gasteiger partial charge on any atom is 0.137 e. The standard InChI is InChI=1S/C34H25FN4O/c1-22-34(24-9-4-3-5-10-24)23(2)39(37-22)26-11-8-12-27(20-26)40-28-15-16-29-30-19-25(35)14-17-31(30)38(32(29)21-28)33-13-6-7-18-36-33/h3-21H,1-2H3/i6D. The molecule has 0 amide bonds. The van der Waals surface area contributed by atoms with Crippen LogP contribution in [0, 0.1) is 19.7 Å². The summed E-state index contributed by atoms with van der Waals surface area (Å²) >= 11 is 0. The van der Waals surface area contributed by atoms with E-state index in [-0.39, 0.29) is 5.82 Å². The molecule has 0 saturated carbocycles. The van der Waals surface area contributed by atoms with Crippen molar-refractivity contribution in [3.05, 3.63) is 133 Å². The summed E-state index contributed by atoms with van der Waals surface area (Å²) in [6.45, 7) is 4.10. The summed E-state index contributed by atoms with van der Waals surface area (Å²) in [5, 5.41) is 6.47. The van der Waals surface area contributed by atoms with Crippen LogP contribution in [0.2, 0.25) is 0 Å². The lowest BCUT2D eigenvalue weighted by Crippen LogP contribution is -1.99. The second kappa shape index (κ2) is 9.50. The molecule has 194 valence electrons. The second-order valence-corrected chi connectivity index (χ2v) is 9.71. The molecule has 40 heavy (non-hydrogen) atoms. The summed E-state index contributed by atoms with van der Waals surface area (Å²) in [5.74, 6) is 1.56. The Bertz CT molecular complexity index is 2080. The molecule has 0 aliphatic heterocycles. The summed E-state index contributed by atoms with van der Waals surface area (Å²) in [6, 6.07) is 32.2. The van der Waals surface area contributed by atoms with Crippen LogP contribution in [-0.2, 0) is 0 Å². The molecule has 3 aromatic heterocycles. The third-order valence-corrected chi connectivity index (χ3v) is 7.17. The molecule has 7 aromatic rings. The number of aromatic nitrogens is 4. The van der Waals surface area contributed by atoms with Gasteiger partial charge in [0.05, 0.1) is 23.8 Å². The van der Waals surface area contributed by atoms with Crippen molar-refractivity contribution in [1.82, 2.24) is 19.3 Å². The van der Waals surface area contributed by atoms with Gasteiger partial charge in [-0.3, -0.25) is 4.57 Å². The molecule has 0 bridgehead atoms. The Labute approximate surface area is 232 Å². The van der Waals surface area contributed by atoms with Gasteiger partial charge in [-0.15, -0.1) is 0 Å². The van der Waals surface area contributed by atoms with Crippen LogP contribution in [0.5, 0.6) is 11.5 Å². The maximum atomic E-state index is 14.2. The molecule has 0 saturated heterocycles. The molecule has 4 aromatic carbocycles. The SMILES string of the molecule is [2H]c1ccnc(-n2c3ccc(F)cc3c3ccc(Oc4cccc(-n5nc(C)c(-c6ccccc6)c5C)c4)cc32)c1. The van der Waals surface area contributed by atoms with E-state index in [0.717, 1.165) is 50.0 Å². The highest BCUT2D eigenvalue weighted by Crippen LogP contribution is 2.36. The number of hydrogen-bond donors (Lipinski definition) is 0. The van der Waals surface area contributed by atoms with Crippen molar-refractivity contribution in [3.63, 3.8) is 0 Å². The lowest BCUT2D eigenvalue weighted by molar-refractivity contribution is 0.482. The molecule has 0 unspecified atom stereocenters. The molecule has 7 rings (SSSR count). The van der Waals surface area contributed by atoms with E-state index in [0.29, 0.717) is 23.4 Å². The summed E-state index contributed by atoms with van der Waals surface area (Å²) in [4.78, 5) is 4.50. The van der Waals surface area contributed by atoms with Crippen LogP contribution < -0.4 is 4.74 Å². The topological polar surface area (TPSA) is 44.9 Å². The second-order valence-electron chi connectivity index (χ2n) is 9.71. The van der Waals surface area contributed by atoms with Gasteiger partial charge < -0.3 is 4.74 Å². The van der Waals surface area contributed by atoms with Crippen LogP contribution >= 0.6 is 0 Å². The number of hydrogen-bond acceptors (Lipinski definition) is 3. The number of pyridine rings is 1. The van der Waals surface area contributed by atoms with Crippen LogP contribution in [0.3, 0.4) is 0 Å². The Morgan fingerprint density at radius 2 is 1.62 bits per heavy atom. The zero-order chi connectivity index (χ0) is 28.1.